The van der Waals surface area contributed by atoms with Crippen molar-refractivity contribution >= 4 is 17.3 Å². The standard InChI is InChI=1S/C19H24N4O/c1-22-9-11-23(12-10-22)14-15-5-7-16(8-6-15)19(24)21-18-4-2-3-17(20)13-18/h2-8,13H,9-12,14,20H2,1H3,(H,21,24). The van der Waals surface area contributed by atoms with Crippen molar-refractivity contribution in [3.05, 3.63) is 59.7 Å². The molecule has 0 aliphatic carbocycles. The fourth-order valence-electron chi connectivity index (χ4n) is 2.85. The molecule has 0 spiro atoms. The highest BCUT2D eigenvalue weighted by Crippen LogP contribution is 2.14. The van der Waals surface area contributed by atoms with Gasteiger partial charge in [0.2, 0.25) is 0 Å². The van der Waals surface area contributed by atoms with E-state index in [0.717, 1.165) is 32.7 Å². The summed E-state index contributed by atoms with van der Waals surface area (Å²) in [5.41, 5.74) is 8.96. The number of nitrogens with one attached hydrogen (secondary N) is 1. The molecule has 0 atom stereocenters. The number of nitrogens with zero attached hydrogens (tertiary/aromatic N) is 2. The maximum Gasteiger partial charge on any atom is 0.255 e. The molecule has 1 fully saturated rings. The van der Waals surface area contributed by atoms with Crippen LogP contribution in [0.1, 0.15) is 15.9 Å². The number of likely N-dealkylation sites (N-methyl/N-ethyl adjacent to an activating group) is 1. The lowest BCUT2D eigenvalue weighted by atomic mass is 10.1. The number of carbonyl (C=O) groups excluding carboxylic acids is 1. The zero-order chi connectivity index (χ0) is 16.9. The van der Waals surface area contributed by atoms with Crippen molar-refractivity contribution in [1.29, 1.82) is 0 Å². The summed E-state index contributed by atoms with van der Waals surface area (Å²) in [4.78, 5) is 17.1. The van der Waals surface area contributed by atoms with Gasteiger partial charge < -0.3 is 16.0 Å². The first-order valence-electron chi connectivity index (χ1n) is 8.27. The minimum atomic E-state index is -0.119. The van der Waals surface area contributed by atoms with E-state index in [2.05, 4.69) is 22.2 Å². The number of benzene rings is 2. The van der Waals surface area contributed by atoms with Crippen molar-refractivity contribution in [2.24, 2.45) is 0 Å². The Morgan fingerprint density at radius 1 is 1.08 bits per heavy atom. The summed E-state index contributed by atoms with van der Waals surface area (Å²) < 4.78 is 0. The summed E-state index contributed by atoms with van der Waals surface area (Å²) in [5, 5.41) is 2.87. The maximum absolute atomic E-state index is 12.3. The van der Waals surface area contributed by atoms with E-state index in [1.54, 1.807) is 12.1 Å². The van der Waals surface area contributed by atoms with Crippen LogP contribution in [0.3, 0.4) is 0 Å². The summed E-state index contributed by atoms with van der Waals surface area (Å²) in [6, 6.07) is 15.0. The number of carbonyl (C=O) groups is 1. The first kappa shape index (κ1) is 16.5. The van der Waals surface area contributed by atoms with E-state index in [9.17, 15) is 4.79 Å². The summed E-state index contributed by atoms with van der Waals surface area (Å²) in [6.45, 7) is 5.34. The number of amides is 1. The van der Waals surface area contributed by atoms with Gasteiger partial charge in [0.15, 0.2) is 0 Å². The van der Waals surface area contributed by atoms with Crippen LogP contribution in [0.4, 0.5) is 11.4 Å². The van der Waals surface area contributed by atoms with Crippen LogP contribution in [0.15, 0.2) is 48.5 Å². The van der Waals surface area contributed by atoms with Crippen LogP contribution in [0.2, 0.25) is 0 Å². The highest BCUT2D eigenvalue weighted by Gasteiger charge is 2.14. The monoisotopic (exact) mass is 324 g/mol. The predicted molar refractivity (Wildman–Crippen MR) is 98.0 cm³/mol. The van der Waals surface area contributed by atoms with Crippen molar-refractivity contribution in [3.8, 4) is 0 Å². The van der Waals surface area contributed by atoms with E-state index < -0.39 is 0 Å². The fourth-order valence-corrected chi connectivity index (χ4v) is 2.85. The summed E-state index contributed by atoms with van der Waals surface area (Å²) in [6.07, 6.45) is 0. The van der Waals surface area contributed by atoms with Gasteiger partial charge in [-0.25, -0.2) is 0 Å². The quantitative estimate of drug-likeness (QED) is 0.847. The minimum absolute atomic E-state index is 0.119. The third kappa shape index (κ3) is 4.34. The Bertz CT molecular complexity index is 691. The van der Waals surface area contributed by atoms with Crippen molar-refractivity contribution < 1.29 is 4.79 Å². The molecule has 1 heterocycles. The van der Waals surface area contributed by atoms with E-state index in [0.29, 0.717) is 16.9 Å². The molecule has 0 radical (unpaired) electrons. The maximum atomic E-state index is 12.3. The lowest BCUT2D eigenvalue weighted by molar-refractivity contribution is 0.102. The third-order valence-corrected chi connectivity index (χ3v) is 4.36. The van der Waals surface area contributed by atoms with Gasteiger partial charge in [0, 0.05) is 49.7 Å². The molecule has 5 nitrogen and oxygen atoms in total. The molecule has 24 heavy (non-hydrogen) atoms. The third-order valence-electron chi connectivity index (χ3n) is 4.36. The van der Waals surface area contributed by atoms with Gasteiger partial charge >= 0.3 is 0 Å². The summed E-state index contributed by atoms with van der Waals surface area (Å²) in [5.74, 6) is -0.119. The van der Waals surface area contributed by atoms with E-state index in [-0.39, 0.29) is 5.91 Å². The second-order valence-electron chi connectivity index (χ2n) is 6.36. The number of anilines is 2. The van der Waals surface area contributed by atoms with E-state index in [1.807, 2.05) is 36.4 Å². The average molecular weight is 324 g/mol. The van der Waals surface area contributed by atoms with Crippen LogP contribution in [-0.2, 0) is 6.54 Å². The Kier molecular flexibility index (Phi) is 5.13. The van der Waals surface area contributed by atoms with Crippen molar-refractivity contribution in [2.45, 2.75) is 6.54 Å². The van der Waals surface area contributed by atoms with Gasteiger partial charge in [0.25, 0.3) is 5.91 Å². The van der Waals surface area contributed by atoms with Crippen LogP contribution < -0.4 is 11.1 Å². The second-order valence-corrected chi connectivity index (χ2v) is 6.36. The average Bonchev–Trinajstić information content (AvgIpc) is 2.57. The number of nitrogen functional groups attached to an aromatic ring is 1. The normalized spacial score (nSPS) is 16.0. The number of hydrogen-bond donors (Lipinski definition) is 2. The first-order valence-corrected chi connectivity index (χ1v) is 8.27. The van der Waals surface area contributed by atoms with Crippen molar-refractivity contribution in [3.63, 3.8) is 0 Å². The SMILES string of the molecule is CN1CCN(Cc2ccc(C(=O)Nc3cccc(N)c3)cc2)CC1. The molecule has 3 rings (SSSR count). The van der Waals surface area contributed by atoms with Crippen molar-refractivity contribution in [1.82, 2.24) is 9.80 Å². The van der Waals surface area contributed by atoms with Gasteiger partial charge in [0.05, 0.1) is 0 Å². The molecule has 0 unspecified atom stereocenters. The molecule has 1 aliphatic rings. The molecular weight excluding hydrogens is 300 g/mol. The Labute approximate surface area is 143 Å². The van der Waals surface area contributed by atoms with Gasteiger partial charge in [-0.2, -0.15) is 0 Å². The second kappa shape index (κ2) is 7.47. The molecule has 1 amide bonds. The Morgan fingerprint density at radius 2 is 1.79 bits per heavy atom. The van der Waals surface area contributed by atoms with E-state index in [1.165, 1.54) is 5.56 Å². The summed E-state index contributed by atoms with van der Waals surface area (Å²) in [7, 11) is 2.16. The largest absolute Gasteiger partial charge is 0.399 e. The Morgan fingerprint density at radius 3 is 2.46 bits per heavy atom. The molecule has 2 aromatic rings. The van der Waals surface area contributed by atoms with Gasteiger partial charge in [-0.3, -0.25) is 9.69 Å². The van der Waals surface area contributed by atoms with Crippen LogP contribution in [-0.4, -0.2) is 48.9 Å². The highest BCUT2D eigenvalue weighted by molar-refractivity contribution is 6.04. The number of piperazine rings is 1. The van der Waals surface area contributed by atoms with Crippen LogP contribution >= 0.6 is 0 Å². The van der Waals surface area contributed by atoms with Crippen LogP contribution in [0, 0.1) is 0 Å². The molecule has 1 aliphatic heterocycles. The van der Waals surface area contributed by atoms with Gasteiger partial charge in [0.1, 0.15) is 0 Å². The fraction of sp³-hybridized carbons (Fsp3) is 0.316. The molecule has 0 saturated carbocycles. The van der Waals surface area contributed by atoms with Gasteiger partial charge in [-0.1, -0.05) is 18.2 Å². The Balaban J connectivity index is 1.58. The first-order chi connectivity index (χ1) is 11.6. The number of nitrogens with two attached hydrogens (primary N) is 1. The molecule has 2 aromatic carbocycles. The van der Waals surface area contributed by atoms with E-state index >= 15 is 0 Å². The Hall–Kier alpha value is -2.37. The summed E-state index contributed by atoms with van der Waals surface area (Å²) >= 11 is 0. The molecule has 3 N–H and O–H groups in total. The zero-order valence-corrected chi connectivity index (χ0v) is 14.0. The lowest BCUT2D eigenvalue weighted by Crippen LogP contribution is -2.43. The topological polar surface area (TPSA) is 61.6 Å². The van der Waals surface area contributed by atoms with E-state index in [4.69, 9.17) is 5.73 Å². The number of rotatable bonds is 4. The molecule has 0 aromatic heterocycles. The number of hydrogen-bond acceptors (Lipinski definition) is 4. The van der Waals surface area contributed by atoms with Gasteiger partial charge in [-0.05, 0) is 42.9 Å². The van der Waals surface area contributed by atoms with Crippen LogP contribution in [0.5, 0.6) is 0 Å². The molecular formula is C19H24N4O. The molecule has 0 bridgehead atoms. The van der Waals surface area contributed by atoms with Crippen molar-refractivity contribution in [2.75, 3.05) is 44.3 Å². The van der Waals surface area contributed by atoms with Crippen LogP contribution in [0.25, 0.3) is 0 Å². The lowest BCUT2D eigenvalue weighted by Gasteiger charge is -2.32. The van der Waals surface area contributed by atoms with Gasteiger partial charge in [-0.15, -0.1) is 0 Å². The molecule has 1 saturated heterocycles. The highest BCUT2D eigenvalue weighted by atomic mass is 16.1. The minimum Gasteiger partial charge on any atom is -0.399 e. The smallest absolute Gasteiger partial charge is 0.255 e. The molecule has 5 heteroatoms. The predicted octanol–water partition coefficient (Wildman–Crippen LogP) is 2.27. The zero-order valence-electron chi connectivity index (χ0n) is 14.0. The molecule has 126 valence electrons.